The van der Waals surface area contributed by atoms with Crippen molar-refractivity contribution in [1.29, 1.82) is 0 Å². The van der Waals surface area contributed by atoms with Crippen molar-refractivity contribution in [3.8, 4) is 0 Å². The van der Waals surface area contributed by atoms with E-state index in [-0.39, 0.29) is 0 Å². The average molecular weight is 349 g/mol. The molecule has 1 saturated heterocycles. The van der Waals surface area contributed by atoms with Crippen molar-refractivity contribution in [3.63, 3.8) is 0 Å². The van der Waals surface area contributed by atoms with Gasteiger partial charge in [0.25, 0.3) is 0 Å². The fourth-order valence-corrected chi connectivity index (χ4v) is 4.80. The summed E-state index contributed by atoms with van der Waals surface area (Å²) < 4.78 is 1.20. The lowest BCUT2D eigenvalue weighted by atomic mass is 9.89. The van der Waals surface area contributed by atoms with Crippen LogP contribution in [0.3, 0.4) is 0 Å². The molecule has 1 unspecified atom stereocenters. The lowest BCUT2D eigenvalue weighted by Crippen LogP contribution is -2.63. The second-order valence-corrected chi connectivity index (χ2v) is 8.18. The molecule has 3 fully saturated rings. The van der Waals surface area contributed by atoms with Gasteiger partial charge < -0.3 is 5.32 Å². The van der Waals surface area contributed by atoms with Crippen LogP contribution in [0.2, 0.25) is 0 Å². The smallest absolute Gasteiger partial charge is 0.0338 e. The van der Waals surface area contributed by atoms with Crippen molar-refractivity contribution in [2.75, 3.05) is 13.1 Å². The highest BCUT2D eigenvalue weighted by Crippen LogP contribution is 2.41. The number of nitrogens with zero attached hydrogens (tertiary/aromatic N) is 1. The topological polar surface area (TPSA) is 15.3 Å². The van der Waals surface area contributed by atoms with E-state index in [2.05, 4.69) is 50.4 Å². The Morgan fingerprint density at radius 2 is 2.05 bits per heavy atom. The first-order valence-electron chi connectivity index (χ1n) is 8.48. The van der Waals surface area contributed by atoms with E-state index in [9.17, 15) is 0 Å². The van der Waals surface area contributed by atoms with Crippen LogP contribution in [-0.2, 0) is 6.54 Å². The van der Waals surface area contributed by atoms with E-state index >= 15 is 0 Å². The Morgan fingerprint density at radius 1 is 1.24 bits per heavy atom. The maximum absolute atomic E-state index is 3.89. The molecule has 2 saturated carbocycles. The van der Waals surface area contributed by atoms with Gasteiger partial charge in [-0.15, -0.1) is 0 Å². The van der Waals surface area contributed by atoms with E-state index in [1.165, 1.54) is 61.7 Å². The molecule has 0 aromatic heterocycles. The van der Waals surface area contributed by atoms with Gasteiger partial charge in [0.15, 0.2) is 0 Å². The molecule has 0 radical (unpaired) electrons. The SMILES string of the molecule is Brc1cccc(CN2CC(C3CC3)NCC23CCCC3)c1. The summed E-state index contributed by atoms with van der Waals surface area (Å²) in [4.78, 5) is 2.82. The van der Waals surface area contributed by atoms with Crippen LogP contribution in [0.4, 0.5) is 0 Å². The van der Waals surface area contributed by atoms with Gasteiger partial charge in [0, 0.05) is 35.7 Å². The summed E-state index contributed by atoms with van der Waals surface area (Å²) in [5.74, 6) is 0.953. The van der Waals surface area contributed by atoms with Crippen LogP contribution in [-0.4, -0.2) is 29.6 Å². The van der Waals surface area contributed by atoms with Gasteiger partial charge in [0.05, 0.1) is 0 Å². The minimum Gasteiger partial charge on any atom is -0.311 e. The molecule has 1 aliphatic heterocycles. The van der Waals surface area contributed by atoms with Crippen molar-refractivity contribution >= 4 is 15.9 Å². The third-order valence-electron chi connectivity index (χ3n) is 5.77. The molecule has 4 rings (SSSR count). The van der Waals surface area contributed by atoms with Crippen molar-refractivity contribution < 1.29 is 0 Å². The first-order valence-corrected chi connectivity index (χ1v) is 9.27. The molecular weight excluding hydrogens is 324 g/mol. The van der Waals surface area contributed by atoms with E-state index in [0.717, 1.165) is 18.5 Å². The van der Waals surface area contributed by atoms with E-state index in [1.54, 1.807) is 0 Å². The van der Waals surface area contributed by atoms with Crippen molar-refractivity contribution in [3.05, 3.63) is 34.3 Å². The van der Waals surface area contributed by atoms with Gasteiger partial charge in [-0.2, -0.15) is 0 Å². The van der Waals surface area contributed by atoms with Crippen LogP contribution in [0.15, 0.2) is 28.7 Å². The van der Waals surface area contributed by atoms with Gasteiger partial charge in [-0.3, -0.25) is 4.90 Å². The number of piperazine rings is 1. The molecule has 1 aromatic rings. The molecule has 1 heterocycles. The Labute approximate surface area is 136 Å². The molecule has 3 aliphatic rings. The molecule has 3 heteroatoms. The van der Waals surface area contributed by atoms with Crippen LogP contribution in [0.25, 0.3) is 0 Å². The first-order chi connectivity index (χ1) is 10.3. The molecule has 21 heavy (non-hydrogen) atoms. The summed E-state index contributed by atoms with van der Waals surface area (Å²) in [6.07, 6.45) is 8.46. The van der Waals surface area contributed by atoms with E-state index in [4.69, 9.17) is 0 Å². The maximum atomic E-state index is 3.89. The summed E-state index contributed by atoms with van der Waals surface area (Å²) in [7, 11) is 0. The number of nitrogens with one attached hydrogen (secondary N) is 1. The highest BCUT2D eigenvalue weighted by molar-refractivity contribution is 9.10. The van der Waals surface area contributed by atoms with Gasteiger partial charge in [-0.25, -0.2) is 0 Å². The van der Waals surface area contributed by atoms with Crippen LogP contribution < -0.4 is 5.32 Å². The third-order valence-corrected chi connectivity index (χ3v) is 6.26. The molecule has 1 N–H and O–H groups in total. The largest absolute Gasteiger partial charge is 0.311 e. The molecule has 1 aromatic carbocycles. The Morgan fingerprint density at radius 3 is 2.76 bits per heavy atom. The Kier molecular flexibility index (Phi) is 3.85. The Balaban J connectivity index is 1.54. The summed E-state index contributed by atoms with van der Waals surface area (Å²) in [5, 5.41) is 3.89. The molecule has 0 bridgehead atoms. The number of hydrogen-bond donors (Lipinski definition) is 1. The lowest BCUT2D eigenvalue weighted by molar-refractivity contribution is 0.0311. The van der Waals surface area contributed by atoms with Gasteiger partial charge in [-0.05, 0) is 49.3 Å². The monoisotopic (exact) mass is 348 g/mol. The third kappa shape index (κ3) is 2.93. The summed E-state index contributed by atoms with van der Waals surface area (Å²) in [5.41, 5.74) is 1.89. The number of benzene rings is 1. The Bertz CT molecular complexity index is 506. The van der Waals surface area contributed by atoms with E-state index < -0.39 is 0 Å². The lowest BCUT2D eigenvalue weighted by Gasteiger charge is -2.48. The number of halogens is 1. The second kappa shape index (κ2) is 5.68. The Hall–Kier alpha value is -0.380. The predicted octanol–water partition coefficient (Wildman–Crippen LogP) is 3.95. The summed E-state index contributed by atoms with van der Waals surface area (Å²) >= 11 is 3.62. The second-order valence-electron chi connectivity index (χ2n) is 7.27. The minimum atomic E-state index is 0.438. The normalized spacial score (nSPS) is 29.1. The first kappa shape index (κ1) is 14.2. The maximum Gasteiger partial charge on any atom is 0.0338 e. The van der Waals surface area contributed by atoms with Crippen molar-refractivity contribution in [2.45, 2.75) is 56.7 Å². The van der Waals surface area contributed by atoms with Crippen LogP contribution >= 0.6 is 15.9 Å². The van der Waals surface area contributed by atoms with Crippen LogP contribution in [0, 0.1) is 5.92 Å². The van der Waals surface area contributed by atoms with Crippen molar-refractivity contribution in [1.82, 2.24) is 10.2 Å². The highest BCUT2D eigenvalue weighted by Gasteiger charge is 2.46. The molecule has 1 atom stereocenters. The average Bonchev–Trinajstić information content (AvgIpc) is 3.22. The molecule has 2 nitrogen and oxygen atoms in total. The summed E-state index contributed by atoms with van der Waals surface area (Å²) in [6.45, 7) is 3.57. The number of hydrogen-bond acceptors (Lipinski definition) is 2. The van der Waals surface area contributed by atoms with Gasteiger partial charge in [0.2, 0.25) is 0 Å². The fraction of sp³-hybridized carbons (Fsp3) is 0.667. The zero-order valence-electron chi connectivity index (χ0n) is 12.7. The van der Waals surface area contributed by atoms with E-state index in [0.29, 0.717) is 5.54 Å². The fourth-order valence-electron chi connectivity index (χ4n) is 4.36. The zero-order chi connectivity index (χ0) is 14.3. The summed E-state index contributed by atoms with van der Waals surface area (Å²) in [6, 6.07) is 9.60. The minimum absolute atomic E-state index is 0.438. The molecule has 2 aliphatic carbocycles. The van der Waals surface area contributed by atoms with E-state index in [1.807, 2.05) is 0 Å². The quantitative estimate of drug-likeness (QED) is 0.889. The highest BCUT2D eigenvalue weighted by atomic mass is 79.9. The molecular formula is C18H25BrN2. The molecule has 114 valence electrons. The van der Waals surface area contributed by atoms with Crippen LogP contribution in [0.5, 0.6) is 0 Å². The van der Waals surface area contributed by atoms with Crippen LogP contribution in [0.1, 0.15) is 44.1 Å². The number of rotatable bonds is 3. The van der Waals surface area contributed by atoms with Gasteiger partial charge in [0.1, 0.15) is 0 Å². The van der Waals surface area contributed by atoms with Gasteiger partial charge in [-0.1, -0.05) is 40.9 Å². The van der Waals surface area contributed by atoms with Gasteiger partial charge >= 0.3 is 0 Å². The molecule has 1 spiro atoms. The standard InChI is InChI=1S/C18H25BrN2/c19-16-5-3-4-14(10-16)11-21-12-17(15-6-7-15)20-13-18(21)8-1-2-9-18/h3-5,10,15,17,20H,1-2,6-9,11-13H2. The molecule has 0 amide bonds. The zero-order valence-corrected chi connectivity index (χ0v) is 14.2. The van der Waals surface area contributed by atoms with Crippen molar-refractivity contribution in [2.24, 2.45) is 5.92 Å². The predicted molar refractivity (Wildman–Crippen MR) is 90.3 cm³/mol.